The molecule has 0 aliphatic rings. The van der Waals surface area contributed by atoms with E-state index in [2.05, 4.69) is 31.7 Å². The maximum Gasteiger partial charge on any atom is 0.255 e. The maximum atomic E-state index is 12.5. The highest BCUT2D eigenvalue weighted by atomic mass is 79.9. The normalized spacial score (nSPS) is 11.5. The molecule has 2 aromatic carbocycles. The molecule has 2 amide bonds. The van der Waals surface area contributed by atoms with Crippen molar-refractivity contribution in [3.63, 3.8) is 0 Å². The molecule has 0 radical (unpaired) electrons. The van der Waals surface area contributed by atoms with Gasteiger partial charge in [0.2, 0.25) is 5.91 Å². The molecule has 144 valence electrons. The van der Waals surface area contributed by atoms with Gasteiger partial charge in [-0.3, -0.25) is 14.3 Å². The van der Waals surface area contributed by atoms with Crippen LogP contribution in [0.25, 0.3) is 0 Å². The number of hydrogen-bond donors (Lipinski definition) is 2. The minimum atomic E-state index is -0.454. The van der Waals surface area contributed by atoms with Crippen LogP contribution in [0.15, 0.2) is 65.4 Å². The van der Waals surface area contributed by atoms with Crippen molar-refractivity contribution in [2.24, 2.45) is 0 Å². The van der Waals surface area contributed by atoms with Crippen molar-refractivity contribution >= 4 is 39.1 Å². The number of carbonyl (C=O) groups excluding carboxylic acids is 2. The summed E-state index contributed by atoms with van der Waals surface area (Å²) in [7, 11) is 1.56. The Morgan fingerprint density at radius 3 is 2.50 bits per heavy atom. The van der Waals surface area contributed by atoms with Gasteiger partial charge in [-0.05, 0) is 65.3 Å². The third-order valence-electron chi connectivity index (χ3n) is 4.10. The second kappa shape index (κ2) is 8.71. The largest absolute Gasteiger partial charge is 0.496 e. The van der Waals surface area contributed by atoms with Gasteiger partial charge < -0.3 is 15.4 Å². The van der Waals surface area contributed by atoms with Crippen molar-refractivity contribution < 1.29 is 14.3 Å². The molecule has 28 heavy (non-hydrogen) atoms. The van der Waals surface area contributed by atoms with Gasteiger partial charge in [0.15, 0.2) is 0 Å². The number of ether oxygens (including phenoxy) is 1. The summed E-state index contributed by atoms with van der Waals surface area (Å²) in [5.41, 5.74) is 1.63. The quantitative estimate of drug-likeness (QED) is 0.601. The third-order valence-corrected chi connectivity index (χ3v) is 4.72. The summed E-state index contributed by atoms with van der Waals surface area (Å²) in [6.07, 6.45) is 3.35. The first-order chi connectivity index (χ1) is 13.5. The van der Waals surface area contributed by atoms with Crippen LogP contribution in [0.4, 0.5) is 11.4 Å². The average molecular weight is 443 g/mol. The summed E-state index contributed by atoms with van der Waals surface area (Å²) in [5.74, 6) is 0.176. The van der Waals surface area contributed by atoms with E-state index in [1.165, 1.54) is 0 Å². The standard InChI is InChI=1S/C20H19BrN4O3/c1-13(25-10-4-9-22-25)19(26)23-15-5-3-6-16(12-15)24-20(27)14-7-8-18(28-2)17(21)11-14/h3-13H,1-2H3,(H,23,26)(H,24,27). The molecule has 0 fully saturated rings. The molecule has 0 aliphatic heterocycles. The Morgan fingerprint density at radius 2 is 1.86 bits per heavy atom. The number of aromatic nitrogens is 2. The molecule has 0 spiro atoms. The minimum Gasteiger partial charge on any atom is -0.496 e. The average Bonchev–Trinajstić information content (AvgIpc) is 3.22. The molecule has 0 bridgehead atoms. The molecule has 3 rings (SSSR count). The Kier molecular flexibility index (Phi) is 6.10. The zero-order chi connectivity index (χ0) is 20.1. The van der Waals surface area contributed by atoms with Crippen LogP contribution in [0.5, 0.6) is 5.75 Å². The molecule has 0 saturated carbocycles. The summed E-state index contributed by atoms with van der Waals surface area (Å²) in [6.45, 7) is 1.76. The van der Waals surface area contributed by atoms with Crippen molar-refractivity contribution in [1.82, 2.24) is 9.78 Å². The van der Waals surface area contributed by atoms with E-state index < -0.39 is 6.04 Å². The Bertz CT molecular complexity index is 989. The van der Waals surface area contributed by atoms with Crippen molar-refractivity contribution in [3.05, 3.63) is 71.0 Å². The summed E-state index contributed by atoms with van der Waals surface area (Å²) < 4.78 is 7.43. The number of nitrogens with zero attached hydrogens (tertiary/aromatic N) is 2. The number of amides is 2. The lowest BCUT2D eigenvalue weighted by Gasteiger charge is -2.13. The van der Waals surface area contributed by atoms with Crippen molar-refractivity contribution in [2.45, 2.75) is 13.0 Å². The lowest BCUT2D eigenvalue weighted by Crippen LogP contribution is -2.24. The van der Waals surface area contributed by atoms with Gasteiger partial charge in [0, 0.05) is 29.3 Å². The second-order valence-electron chi connectivity index (χ2n) is 6.04. The fraction of sp³-hybridized carbons (Fsp3) is 0.150. The van der Waals surface area contributed by atoms with E-state index in [1.807, 2.05) is 0 Å². The molecular formula is C20H19BrN4O3. The molecule has 2 N–H and O–H groups in total. The monoisotopic (exact) mass is 442 g/mol. The van der Waals surface area contributed by atoms with Gasteiger partial charge in [0.1, 0.15) is 11.8 Å². The van der Waals surface area contributed by atoms with Crippen molar-refractivity contribution in [2.75, 3.05) is 17.7 Å². The number of benzene rings is 2. The molecule has 1 unspecified atom stereocenters. The summed E-state index contributed by atoms with van der Waals surface area (Å²) in [6, 6.07) is 13.4. The molecular weight excluding hydrogens is 424 g/mol. The maximum absolute atomic E-state index is 12.5. The number of anilines is 2. The van der Waals surface area contributed by atoms with Crippen LogP contribution in [0.3, 0.4) is 0 Å². The number of rotatable bonds is 6. The predicted molar refractivity (Wildman–Crippen MR) is 111 cm³/mol. The van der Waals surface area contributed by atoms with Gasteiger partial charge in [0.05, 0.1) is 11.6 Å². The Morgan fingerprint density at radius 1 is 1.11 bits per heavy atom. The van der Waals surface area contributed by atoms with E-state index in [-0.39, 0.29) is 11.8 Å². The van der Waals surface area contributed by atoms with Gasteiger partial charge in [0.25, 0.3) is 5.91 Å². The molecule has 1 aromatic heterocycles. The van der Waals surface area contributed by atoms with Crippen molar-refractivity contribution in [1.29, 1.82) is 0 Å². The summed E-state index contributed by atoms with van der Waals surface area (Å²) in [5, 5.41) is 9.73. The third kappa shape index (κ3) is 4.58. The smallest absolute Gasteiger partial charge is 0.255 e. The number of halogens is 1. The summed E-state index contributed by atoms with van der Waals surface area (Å²) in [4.78, 5) is 24.9. The van der Waals surface area contributed by atoms with E-state index in [0.717, 1.165) is 0 Å². The van der Waals surface area contributed by atoms with Crippen LogP contribution in [0, 0.1) is 0 Å². The first kappa shape index (κ1) is 19.6. The van der Waals surface area contributed by atoms with Gasteiger partial charge in [-0.2, -0.15) is 5.10 Å². The zero-order valence-corrected chi connectivity index (χ0v) is 16.9. The molecule has 3 aromatic rings. The summed E-state index contributed by atoms with van der Waals surface area (Å²) >= 11 is 3.37. The SMILES string of the molecule is COc1ccc(C(=O)Nc2cccc(NC(=O)C(C)n3cccn3)c2)cc1Br. The van der Waals surface area contributed by atoms with Crippen LogP contribution in [0.1, 0.15) is 23.3 Å². The van der Waals surface area contributed by atoms with Crippen LogP contribution >= 0.6 is 15.9 Å². The number of hydrogen-bond acceptors (Lipinski definition) is 4. The number of methoxy groups -OCH3 is 1. The number of nitrogens with one attached hydrogen (secondary N) is 2. The van der Waals surface area contributed by atoms with E-state index in [4.69, 9.17) is 4.74 Å². The Balaban J connectivity index is 1.68. The molecule has 7 nitrogen and oxygen atoms in total. The molecule has 1 heterocycles. The van der Waals surface area contributed by atoms with Crippen LogP contribution < -0.4 is 15.4 Å². The second-order valence-corrected chi connectivity index (χ2v) is 6.89. The van der Waals surface area contributed by atoms with Crippen LogP contribution in [0.2, 0.25) is 0 Å². The topological polar surface area (TPSA) is 85.3 Å². The highest BCUT2D eigenvalue weighted by Crippen LogP contribution is 2.26. The lowest BCUT2D eigenvalue weighted by molar-refractivity contribution is -0.119. The van der Waals surface area contributed by atoms with Gasteiger partial charge in [-0.1, -0.05) is 6.07 Å². The fourth-order valence-corrected chi connectivity index (χ4v) is 3.10. The molecule has 0 saturated heterocycles. The van der Waals surface area contributed by atoms with Gasteiger partial charge >= 0.3 is 0 Å². The molecule has 0 aliphatic carbocycles. The molecule has 1 atom stereocenters. The molecule has 8 heteroatoms. The Labute approximate surface area is 170 Å². The lowest BCUT2D eigenvalue weighted by atomic mass is 10.2. The first-order valence-electron chi connectivity index (χ1n) is 8.53. The number of carbonyl (C=O) groups is 2. The van der Waals surface area contributed by atoms with E-state index in [1.54, 1.807) is 79.6 Å². The van der Waals surface area contributed by atoms with Gasteiger partial charge in [-0.25, -0.2) is 0 Å². The zero-order valence-electron chi connectivity index (χ0n) is 15.3. The first-order valence-corrected chi connectivity index (χ1v) is 9.32. The van der Waals surface area contributed by atoms with Gasteiger partial charge in [-0.15, -0.1) is 0 Å². The van der Waals surface area contributed by atoms with E-state index >= 15 is 0 Å². The predicted octanol–water partition coefficient (Wildman–Crippen LogP) is 4.11. The van der Waals surface area contributed by atoms with Crippen molar-refractivity contribution in [3.8, 4) is 5.75 Å². The fourth-order valence-electron chi connectivity index (χ4n) is 2.56. The van der Waals surface area contributed by atoms with Crippen LogP contribution in [-0.2, 0) is 4.79 Å². The van der Waals surface area contributed by atoms with E-state index in [0.29, 0.717) is 27.2 Å². The minimum absolute atomic E-state index is 0.203. The van der Waals surface area contributed by atoms with Crippen LogP contribution in [-0.4, -0.2) is 28.7 Å². The van der Waals surface area contributed by atoms with E-state index in [9.17, 15) is 9.59 Å². The Hall–Kier alpha value is -3.13. The highest BCUT2D eigenvalue weighted by Gasteiger charge is 2.15. The highest BCUT2D eigenvalue weighted by molar-refractivity contribution is 9.10.